The van der Waals surface area contributed by atoms with Crippen molar-refractivity contribution >= 4 is 0 Å². The Morgan fingerprint density at radius 2 is 1.58 bits per heavy atom. The molecule has 1 aromatic heterocycles. The second-order valence-corrected chi connectivity index (χ2v) is 18.0. The van der Waals surface area contributed by atoms with Gasteiger partial charge in [0.15, 0.2) is 0 Å². The van der Waals surface area contributed by atoms with Crippen LogP contribution in [0.2, 0.25) is 0 Å². The summed E-state index contributed by atoms with van der Waals surface area (Å²) in [4.78, 5) is 8.16. The molecule has 0 spiro atoms. The third-order valence-corrected chi connectivity index (χ3v) is 14.7. The molecule has 0 saturated heterocycles. The first-order valence-electron chi connectivity index (χ1n) is 22.4. The molecule has 286 valence electrons. The van der Waals surface area contributed by atoms with Gasteiger partial charge in [-0.1, -0.05) is 115 Å². The summed E-state index contributed by atoms with van der Waals surface area (Å²) < 4.78 is 0. The third-order valence-electron chi connectivity index (χ3n) is 14.7. The molecule has 0 radical (unpaired) electrons. The summed E-state index contributed by atoms with van der Waals surface area (Å²) in [5.41, 5.74) is 19.4. The van der Waals surface area contributed by atoms with E-state index in [-0.39, 0.29) is 0 Å². The largest absolute Gasteiger partial charge is 0.338 e. The number of fused-ring (bicyclic) bond motifs is 3. The van der Waals surface area contributed by atoms with E-state index in [1.807, 2.05) is 0 Å². The van der Waals surface area contributed by atoms with Crippen LogP contribution in [-0.2, 0) is 6.42 Å². The Morgan fingerprint density at radius 3 is 2.44 bits per heavy atom. The van der Waals surface area contributed by atoms with E-state index >= 15 is 0 Å². The Morgan fingerprint density at radius 1 is 0.684 bits per heavy atom. The van der Waals surface area contributed by atoms with Gasteiger partial charge in [0.2, 0.25) is 0 Å². The van der Waals surface area contributed by atoms with Crippen LogP contribution in [0.4, 0.5) is 0 Å². The first-order chi connectivity index (χ1) is 28.2. The fourth-order valence-electron chi connectivity index (χ4n) is 11.9. The van der Waals surface area contributed by atoms with E-state index in [2.05, 4.69) is 139 Å². The first-order valence-corrected chi connectivity index (χ1v) is 22.4. The van der Waals surface area contributed by atoms with Crippen molar-refractivity contribution in [2.24, 2.45) is 23.7 Å². The molecular weight excluding hydrogens is 689 g/mol. The SMILES string of the molecule is C1=CC(C2C=CC(N3C4=CC=C(C5C=CC6=C(C5)C5=C(C=CCC5)C6Cc5cc(C6CC=CCC6)cc(-c6ccccc6)n5)CC4C4=C3C=CCC4)CC2)=CCC1. The molecule has 1 aromatic carbocycles. The average molecular weight is 745 g/mol. The van der Waals surface area contributed by atoms with Gasteiger partial charge in [0.25, 0.3) is 0 Å². The van der Waals surface area contributed by atoms with Crippen molar-refractivity contribution in [2.45, 2.75) is 102 Å². The molecule has 2 nitrogen and oxygen atoms in total. The van der Waals surface area contributed by atoms with E-state index in [4.69, 9.17) is 4.98 Å². The maximum atomic E-state index is 5.40. The monoisotopic (exact) mass is 744 g/mol. The van der Waals surface area contributed by atoms with Crippen molar-refractivity contribution in [3.05, 3.63) is 195 Å². The van der Waals surface area contributed by atoms with Crippen molar-refractivity contribution < 1.29 is 0 Å². The zero-order valence-corrected chi connectivity index (χ0v) is 33.5. The summed E-state index contributed by atoms with van der Waals surface area (Å²) in [5.74, 6) is 2.52. The molecule has 2 heteroatoms. The highest BCUT2D eigenvalue weighted by Crippen LogP contribution is 2.53. The Hall–Kier alpha value is -4.95. The number of allylic oxidation sites excluding steroid dienone is 21. The minimum Gasteiger partial charge on any atom is -0.338 e. The highest BCUT2D eigenvalue weighted by Gasteiger charge is 2.42. The summed E-state index contributed by atoms with van der Waals surface area (Å²) in [7, 11) is 0. The Kier molecular flexibility index (Phi) is 9.33. The van der Waals surface area contributed by atoms with Gasteiger partial charge in [0.05, 0.1) is 11.7 Å². The minimum atomic E-state index is 0.381. The van der Waals surface area contributed by atoms with Crippen LogP contribution in [0, 0.1) is 23.7 Å². The van der Waals surface area contributed by atoms with Gasteiger partial charge in [-0.25, -0.2) is 0 Å². The molecule has 1 aliphatic heterocycles. The Labute approximate surface area is 340 Å². The molecule has 0 fully saturated rings. The summed E-state index contributed by atoms with van der Waals surface area (Å²) in [6, 6.07) is 16.2. The first kappa shape index (κ1) is 35.2. The van der Waals surface area contributed by atoms with Gasteiger partial charge < -0.3 is 4.90 Å². The van der Waals surface area contributed by atoms with Crippen LogP contribution < -0.4 is 0 Å². The highest BCUT2D eigenvalue weighted by atomic mass is 15.2. The number of aromatic nitrogens is 1. The lowest BCUT2D eigenvalue weighted by Crippen LogP contribution is -2.33. The van der Waals surface area contributed by atoms with Crippen molar-refractivity contribution in [1.29, 1.82) is 0 Å². The molecule has 2 heterocycles. The second kappa shape index (κ2) is 15.1. The quantitative estimate of drug-likeness (QED) is 0.263. The lowest BCUT2D eigenvalue weighted by molar-refractivity contribution is 0.325. The van der Waals surface area contributed by atoms with Gasteiger partial charge in [-0.05, 0) is 153 Å². The van der Waals surface area contributed by atoms with E-state index in [0.29, 0.717) is 35.6 Å². The molecule has 6 unspecified atom stereocenters. The zero-order chi connectivity index (χ0) is 37.7. The van der Waals surface area contributed by atoms with E-state index in [9.17, 15) is 0 Å². The van der Waals surface area contributed by atoms with Crippen LogP contribution in [0.3, 0.4) is 0 Å². The van der Waals surface area contributed by atoms with Gasteiger partial charge in [-0.15, -0.1) is 0 Å². The molecule has 2 aromatic rings. The standard InChI is InChI=1S/C55H56N2/c1-4-14-37(15-5-1)39-24-28-45(29-25-39)57-54-23-13-12-22-49(54)52-34-42(27-31-55(52)57)41-26-30-48-50(33-41)46-20-10-11-21-47(46)51(48)36-44-32-43(38-16-6-2-7-17-38)35-53(56-44)40-18-8-3-9-19-40/h2-4,6,8-9,11,13-15,18-19,21,23-24,26-28,30-32,35,38-39,41,45,51-52H,1,5,7,10,12,16-17,20,22,25,29,33-34,36H2. The van der Waals surface area contributed by atoms with Crippen LogP contribution in [0.1, 0.15) is 101 Å². The fourth-order valence-corrected chi connectivity index (χ4v) is 11.9. The molecule has 0 N–H and O–H groups in total. The van der Waals surface area contributed by atoms with Gasteiger partial charge in [-0.3, -0.25) is 4.98 Å². The van der Waals surface area contributed by atoms with E-state index in [1.54, 1.807) is 39.1 Å². The topological polar surface area (TPSA) is 16.1 Å². The van der Waals surface area contributed by atoms with E-state index in [1.165, 1.54) is 85.9 Å². The van der Waals surface area contributed by atoms with Gasteiger partial charge in [0, 0.05) is 52.7 Å². The molecule has 11 rings (SSSR count). The smallest absolute Gasteiger partial charge is 0.0708 e. The summed E-state index contributed by atoms with van der Waals surface area (Å²) in [5, 5.41) is 0. The molecule has 0 saturated carbocycles. The number of nitrogens with zero attached hydrogens (tertiary/aromatic N) is 2. The lowest BCUT2D eigenvalue weighted by Gasteiger charge is -2.37. The van der Waals surface area contributed by atoms with Crippen LogP contribution in [0.15, 0.2) is 184 Å². The van der Waals surface area contributed by atoms with Crippen LogP contribution in [0.25, 0.3) is 11.3 Å². The van der Waals surface area contributed by atoms with Gasteiger partial charge in [0.1, 0.15) is 0 Å². The maximum absolute atomic E-state index is 5.40. The van der Waals surface area contributed by atoms with Crippen LogP contribution in [-0.4, -0.2) is 15.9 Å². The van der Waals surface area contributed by atoms with Crippen LogP contribution in [0.5, 0.6) is 0 Å². The molecule has 6 atom stereocenters. The van der Waals surface area contributed by atoms with E-state index in [0.717, 1.165) is 37.8 Å². The van der Waals surface area contributed by atoms with Crippen molar-refractivity contribution in [2.75, 3.05) is 0 Å². The normalized spacial score (nSPS) is 30.0. The number of benzene rings is 1. The molecule has 8 aliphatic carbocycles. The van der Waals surface area contributed by atoms with Crippen molar-refractivity contribution in [1.82, 2.24) is 9.88 Å². The van der Waals surface area contributed by atoms with Gasteiger partial charge >= 0.3 is 0 Å². The number of hydrogen-bond acceptors (Lipinski definition) is 2. The average Bonchev–Trinajstić information content (AvgIpc) is 3.79. The third kappa shape index (κ3) is 6.54. The lowest BCUT2D eigenvalue weighted by atomic mass is 9.75. The fraction of sp³-hybridized carbons (Fsp3) is 0.364. The summed E-state index contributed by atoms with van der Waals surface area (Å²) >= 11 is 0. The maximum Gasteiger partial charge on any atom is 0.0708 e. The highest BCUT2D eigenvalue weighted by molar-refractivity contribution is 5.63. The number of hydrogen-bond donors (Lipinski definition) is 0. The predicted molar refractivity (Wildman–Crippen MR) is 236 cm³/mol. The molecular formula is C55H56N2. The second-order valence-electron chi connectivity index (χ2n) is 18.0. The zero-order valence-electron chi connectivity index (χ0n) is 33.5. The van der Waals surface area contributed by atoms with E-state index < -0.39 is 0 Å². The Bertz CT molecular complexity index is 2340. The summed E-state index contributed by atoms with van der Waals surface area (Å²) in [6.07, 6.45) is 53.4. The molecule has 0 bridgehead atoms. The summed E-state index contributed by atoms with van der Waals surface area (Å²) in [6.45, 7) is 0. The number of pyridine rings is 1. The number of rotatable bonds is 7. The molecule has 9 aliphatic rings. The van der Waals surface area contributed by atoms with Gasteiger partial charge in [-0.2, -0.15) is 0 Å². The predicted octanol–water partition coefficient (Wildman–Crippen LogP) is 13.6. The van der Waals surface area contributed by atoms with Crippen molar-refractivity contribution in [3.8, 4) is 11.3 Å². The molecule has 0 amide bonds. The van der Waals surface area contributed by atoms with Crippen LogP contribution >= 0.6 is 0 Å². The van der Waals surface area contributed by atoms with Crippen molar-refractivity contribution in [3.63, 3.8) is 0 Å². The Balaban J connectivity index is 0.869. The molecule has 57 heavy (non-hydrogen) atoms. The minimum absolute atomic E-state index is 0.381.